The summed E-state index contributed by atoms with van der Waals surface area (Å²) in [4.78, 5) is 17.9. The lowest BCUT2D eigenvalue weighted by Crippen LogP contribution is -2.37. The quantitative estimate of drug-likeness (QED) is 0.812. The second kappa shape index (κ2) is 6.64. The van der Waals surface area contributed by atoms with Crippen molar-refractivity contribution in [3.05, 3.63) is 42.7 Å². The molecule has 1 amide bonds. The Hall–Kier alpha value is -2.63. The van der Waals surface area contributed by atoms with Crippen molar-refractivity contribution in [1.82, 2.24) is 15.0 Å². The summed E-state index contributed by atoms with van der Waals surface area (Å²) in [5.74, 6) is 2.04. The van der Waals surface area contributed by atoms with Crippen LogP contribution in [0.25, 0.3) is 11.5 Å². The van der Waals surface area contributed by atoms with Crippen molar-refractivity contribution >= 4 is 5.91 Å². The Labute approximate surface area is 134 Å². The van der Waals surface area contributed by atoms with E-state index in [-0.39, 0.29) is 11.8 Å². The van der Waals surface area contributed by atoms with Crippen LogP contribution in [-0.2, 0) is 4.79 Å². The van der Waals surface area contributed by atoms with E-state index in [0.29, 0.717) is 30.6 Å². The number of ether oxygens (including phenoxy) is 1. The molecule has 3 rings (SSSR count). The van der Waals surface area contributed by atoms with Gasteiger partial charge < -0.3 is 14.2 Å². The molecule has 1 aliphatic heterocycles. The highest BCUT2D eigenvalue weighted by Gasteiger charge is 2.26. The molecule has 2 heterocycles. The number of para-hydroxylation sites is 1. The predicted octanol–water partition coefficient (Wildman–Crippen LogP) is 2.64. The topological polar surface area (TPSA) is 68.5 Å². The molecular weight excluding hydrogens is 294 g/mol. The van der Waals surface area contributed by atoms with Crippen LogP contribution in [-0.4, -0.2) is 41.1 Å². The Morgan fingerprint density at radius 1 is 1.39 bits per heavy atom. The first-order chi connectivity index (χ1) is 11.2. The fourth-order valence-electron chi connectivity index (χ4n) is 2.82. The molecule has 1 saturated heterocycles. The van der Waals surface area contributed by atoms with E-state index in [4.69, 9.17) is 9.26 Å². The molecule has 1 aromatic carbocycles. The van der Waals surface area contributed by atoms with E-state index in [0.717, 1.165) is 18.4 Å². The molecule has 1 fully saturated rings. The minimum Gasteiger partial charge on any atom is -0.496 e. The van der Waals surface area contributed by atoms with Gasteiger partial charge in [0.15, 0.2) is 5.82 Å². The van der Waals surface area contributed by atoms with Gasteiger partial charge in [-0.05, 0) is 31.1 Å². The molecule has 1 aromatic heterocycles. The van der Waals surface area contributed by atoms with E-state index in [1.165, 1.54) is 6.08 Å². The molecule has 0 atom stereocenters. The monoisotopic (exact) mass is 313 g/mol. The first-order valence-corrected chi connectivity index (χ1v) is 7.61. The lowest BCUT2D eigenvalue weighted by molar-refractivity contribution is -0.127. The van der Waals surface area contributed by atoms with Crippen LogP contribution in [0.15, 0.2) is 41.4 Å². The lowest BCUT2D eigenvalue weighted by atomic mass is 9.96. The number of methoxy groups -OCH3 is 1. The first-order valence-electron chi connectivity index (χ1n) is 7.61. The largest absolute Gasteiger partial charge is 0.496 e. The summed E-state index contributed by atoms with van der Waals surface area (Å²) >= 11 is 0. The van der Waals surface area contributed by atoms with Crippen LogP contribution in [0.2, 0.25) is 0 Å². The number of likely N-dealkylation sites (tertiary alicyclic amines) is 1. The number of benzene rings is 1. The number of nitrogens with zero attached hydrogens (tertiary/aromatic N) is 3. The maximum absolute atomic E-state index is 11.6. The fraction of sp³-hybridized carbons (Fsp3) is 0.353. The van der Waals surface area contributed by atoms with Crippen LogP contribution in [0, 0.1) is 0 Å². The Morgan fingerprint density at radius 3 is 2.83 bits per heavy atom. The molecule has 1 aliphatic rings. The minimum absolute atomic E-state index is 0.0220. The normalized spacial score (nSPS) is 15.4. The zero-order valence-electron chi connectivity index (χ0n) is 13.1. The minimum atomic E-state index is -0.0220. The SMILES string of the molecule is C=CC(=O)N1CCC(c2noc(-c3ccccc3OC)n2)CC1. The standard InChI is InChI=1S/C17H19N3O3/c1-3-15(21)20-10-8-12(9-11-20)16-18-17(23-19-16)13-6-4-5-7-14(13)22-2/h3-7,12H,1,8-11H2,2H3. The molecule has 0 radical (unpaired) electrons. The van der Waals surface area contributed by atoms with Gasteiger partial charge >= 0.3 is 0 Å². The van der Waals surface area contributed by atoms with Gasteiger partial charge in [0.05, 0.1) is 12.7 Å². The molecule has 0 aliphatic carbocycles. The van der Waals surface area contributed by atoms with Crippen molar-refractivity contribution in [2.24, 2.45) is 0 Å². The fourth-order valence-corrected chi connectivity index (χ4v) is 2.82. The van der Waals surface area contributed by atoms with E-state index >= 15 is 0 Å². The third-order valence-corrected chi connectivity index (χ3v) is 4.13. The molecule has 120 valence electrons. The van der Waals surface area contributed by atoms with Crippen LogP contribution in [0.3, 0.4) is 0 Å². The number of aromatic nitrogens is 2. The number of carbonyl (C=O) groups excluding carboxylic acids is 1. The van der Waals surface area contributed by atoms with Crippen molar-refractivity contribution < 1.29 is 14.1 Å². The second-order valence-corrected chi connectivity index (χ2v) is 5.46. The molecule has 2 aromatic rings. The second-order valence-electron chi connectivity index (χ2n) is 5.46. The van der Waals surface area contributed by atoms with Crippen LogP contribution in [0.5, 0.6) is 5.75 Å². The van der Waals surface area contributed by atoms with Crippen LogP contribution in [0.1, 0.15) is 24.6 Å². The molecule has 0 N–H and O–H groups in total. The lowest BCUT2D eigenvalue weighted by Gasteiger charge is -2.29. The maximum atomic E-state index is 11.6. The first kappa shape index (κ1) is 15.3. The van der Waals surface area contributed by atoms with Gasteiger partial charge in [0.25, 0.3) is 5.89 Å². The smallest absolute Gasteiger partial charge is 0.261 e. The molecule has 0 unspecified atom stereocenters. The Bertz CT molecular complexity index is 703. The number of amides is 1. The summed E-state index contributed by atoms with van der Waals surface area (Å²) in [6.07, 6.45) is 3.00. The highest BCUT2D eigenvalue weighted by Crippen LogP contribution is 2.31. The van der Waals surface area contributed by atoms with E-state index in [9.17, 15) is 4.79 Å². The molecule has 0 bridgehead atoms. The number of piperidine rings is 1. The summed E-state index contributed by atoms with van der Waals surface area (Å²) in [5, 5.41) is 4.12. The molecule has 6 nitrogen and oxygen atoms in total. The van der Waals surface area contributed by atoms with Crippen LogP contribution >= 0.6 is 0 Å². The van der Waals surface area contributed by atoms with Crippen molar-refractivity contribution in [3.8, 4) is 17.2 Å². The molecule has 6 heteroatoms. The number of rotatable bonds is 4. The highest BCUT2D eigenvalue weighted by atomic mass is 16.5. The van der Waals surface area contributed by atoms with Crippen LogP contribution in [0.4, 0.5) is 0 Å². The van der Waals surface area contributed by atoms with Gasteiger partial charge in [-0.15, -0.1) is 0 Å². The van der Waals surface area contributed by atoms with E-state index in [1.54, 1.807) is 12.0 Å². The van der Waals surface area contributed by atoms with Crippen molar-refractivity contribution in [1.29, 1.82) is 0 Å². The summed E-state index contributed by atoms with van der Waals surface area (Å²) in [6.45, 7) is 4.90. The van der Waals surface area contributed by atoms with Gasteiger partial charge in [0.1, 0.15) is 5.75 Å². The van der Waals surface area contributed by atoms with E-state index < -0.39 is 0 Å². The zero-order chi connectivity index (χ0) is 16.2. The Kier molecular flexibility index (Phi) is 4.41. The highest BCUT2D eigenvalue weighted by molar-refractivity contribution is 5.87. The molecule has 0 spiro atoms. The zero-order valence-corrected chi connectivity index (χ0v) is 13.1. The average molecular weight is 313 g/mol. The predicted molar refractivity (Wildman–Crippen MR) is 85.0 cm³/mol. The van der Waals surface area contributed by atoms with Gasteiger partial charge in [-0.25, -0.2) is 0 Å². The Morgan fingerprint density at radius 2 is 2.13 bits per heavy atom. The summed E-state index contributed by atoms with van der Waals surface area (Å²) in [5.41, 5.74) is 0.785. The van der Waals surface area contributed by atoms with Gasteiger partial charge in [-0.2, -0.15) is 4.98 Å². The number of hydrogen-bond donors (Lipinski definition) is 0. The van der Waals surface area contributed by atoms with Crippen molar-refractivity contribution in [2.75, 3.05) is 20.2 Å². The molecular formula is C17H19N3O3. The number of hydrogen-bond acceptors (Lipinski definition) is 5. The van der Waals surface area contributed by atoms with E-state index in [2.05, 4.69) is 16.7 Å². The average Bonchev–Trinajstić information content (AvgIpc) is 3.11. The summed E-state index contributed by atoms with van der Waals surface area (Å²) in [7, 11) is 1.61. The Balaban J connectivity index is 1.73. The van der Waals surface area contributed by atoms with Gasteiger partial charge in [-0.3, -0.25) is 4.79 Å². The van der Waals surface area contributed by atoms with Crippen molar-refractivity contribution in [2.45, 2.75) is 18.8 Å². The third kappa shape index (κ3) is 3.11. The van der Waals surface area contributed by atoms with Crippen molar-refractivity contribution in [3.63, 3.8) is 0 Å². The maximum Gasteiger partial charge on any atom is 0.261 e. The van der Waals surface area contributed by atoms with Gasteiger partial charge in [-0.1, -0.05) is 23.9 Å². The summed E-state index contributed by atoms with van der Waals surface area (Å²) < 4.78 is 10.7. The number of carbonyl (C=O) groups is 1. The van der Waals surface area contributed by atoms with Gasteiger partial charge in [0, 0.05) is 19.0 Å². The summed E-state index contributed by atoms with van der Waals surface area (Å²) in [6, 6.07) is 7.55. The van der Waals surface area contributed by atoms with Crippen LogP contribution < -0.4 is 4.74 Å². The molecule has 0 saturated carbocycles. The van der Waals surface area contributed by atoms with Gasteiger partial charge in [0.2, 0.25) is 5.91 Å². The molecule has 23 heavy (non-hydrogen) atoms. The van der Waals surface area contributed by atoms with E-state index in [1.807, 2.05) is 24.3 Å². The third-order valence-electron chi connectivity index (χ3n) is 4.13.